The lowest BCUT2D eigenvalue weighted by atomic mass is 10.0. The fourth-order valence-electron chi connectivity index (χ4n) is 2.69. The lowest BCUT2D eigenvalue weighted by Gasteiger charge is -2.21. The van der Waals surface area contributed by atoms with E-state index in [2.05, 4.69) is 16.6 Å². The molecule has 0 saturated carbocycles. The van der Waals surface area contributed by atoms with Crippen LogP contribution in [0.3, 0.4) is 0 Å². The number of nitriles is 1. The fraction of sp³-hybridized carbons (Fsp3) is 0.250. The monoisotopic (exact) mass is 433 g/mol. The third-order valence-corrected chi connectivity index (χ3v) is 4.04. The quantitative estimate of drug-likeness (QED) is 0.402. The van der Waals surface area contributed by atoms with E-state index in [1.165, 1.54) is 31.4 Å². The summed E-state index contributed by atoms with van der Waals surface area (Å²) in [6.45, 7) is 5.13. The van der Waals surface area contributed by atoms with Gasteiger partial charge in [0.1, 0.15) is 11.4 Å². The Kier molecular flexibility index (Phi) is 7.60. The minimum absolute atomic E-state index is 0.128. The number of hydrogen-bond donors (Lipinski definition) is 2. The molecule has 0 saturated heterocycles. The summed E-state index contributed by atoms with van der Waals surface area (Å²) in [4.78, 5) is 37.3. The van der Waals surface area contributed by atoms with Crippen LogP contribution in [0.25, 0.3) is 0 Å². The Balaban J connectivity index is 2.29. The molecule has 164 valence electrons. The van der Waals surface area contributed by atoms with E-state index in [4.69, 9.17) is 21.2 Å². The molecule has 0 unspecified atom stereocenters. The van der Waals surface area contributed by atoms with Crippen molar-refractivity contribution in [2.45, 2.75) is 32.8 Å². The smallest absolute Gasteiger partial charge is 0.412 e. The number of ether oxygens (including phenoxy) is 2. The van der Waals surface area contributed by atoms with Gasteiger partial charge in [0.25, 0.3) is 0 Å². The van der Waals surface area contributed by atoms with Crippen LogP contribution in [-0.2, 0) is 9.53 Å². The molecule has 2 rings (SSSR count). The molecule has 0 aliphatic rings. The minimum Gasteiger partial charge on any atom is -0.497 e. The van der Waals surface area contributed by atoms with Crippen molar-refractivity contribution in [3.63, 3.8) is 0 Å². The number of anilines is 2. The van der Waals surface area contributed by atoms with Gasteiger partial charge in [0.2, 0.25) is 5.91 Å². The standard InChI is InChI=1S/C24H23N3O5/c1-6-16-11-18(31-5)12-19(26-23(30)32-24(2,3)4)22(16)27-21(29)13-20(28)17-9-7-8-15(10-17)14-25/h1,7-12H,13H2,2-5H3,(H,26,30)(H,27,29). The Bertz CT molecular complexity index is 1130. The summed E-state index contributed by atoms with van der Waals surface area (Å²) in [6, 6.07) is 11.0. The molecular formula is C24H23N3O5. The average Bonchev–Trinajstić information content (AvgIpc) is 2.73. The van der Waals surface area contributed by atoms with E-state index in [1.54, 1.807) is 32.9 Å². The highest BCUT2D eigenvalue weighted by atomic mass is 16.6. The summed E-state index contributed by atoms with van der Waals surface area (Å²) >= 11 is 0. The summed E-state index contributed by atoms with van der Waals surface area (Å²) < 4.78 is 10.5. The second-order valence-electron chi connectivity index (χ2n) is 7.71. The number of carbonyl (C=O) groups excluding carboxylic acids is 3. The Morgan fingerprint density at radius 1 is 1.12 bits per heavy atom. The van der Waals surface area contributed by atoms with Crippen LogP contribution in [-0.4, -0.2) is 30.5 Å². The van der Waals surface area contributed by atoms with Crippen LogP contribution in [0.15, 0.2) is 36.4 Å². The minimum atomic E-state index is -0.756. The highest BCUT2D eigenvalue weighted by Crippen LogP contribution is 2.32. The van der Waals surface area contributed by atoms with E-state index < -0.39 is 29.8 Å². The second-order valence-corrected chi connectivity index (χ2v) is 7.71. The second kappa shape index (κ2) is 10.1. The third kappa shape index (κ3) is 6.61. The summed E-state index contributed by atoms with van der Waals surface area (Å²) in [6.07, 6.45) is 4.33. The van der Waals surface area contributed by atoms with Crippen molar-refractivity contribution >= 4 is 29.2 Å². The van der Waals surface area contributed by atoms with Gasteiger partial charge in [-0.3, -0.25) is 14.9 Å². The lowest BCUT2D eigenvalue weighted by Crippen LogP contribution is -2.28. The van der Waals surface area contributed by atoms with Crippen molar-refractivity contribution in [3.8, 4) is 24.2 Å². The molecule has 2 amide bonds. The van der Waals surface area contributed by atoms with Crippen LogP contribution in [0.4, 0.5) is 16.2 Å². The van der Waals surface area contributed by atoms with Gasteiger partial charge in [-0.1, -0.05) is 18.1 Å². The summed E-state index contributed by atoms with van der Waals surface area (Å²) in [5, 5.41) is 14.1. The van der Waals surface area contributed by atoms with Crippen LogP contribution < -0.4 is 15.4 Å². The number of methoxy groups -OCH3 is 1. The molecular weight excluding hydrogens is 410 g/mol. The summed E-state index contributed by atoms with van der Waals surface area (Å²) in [5.74, 6) is 1.66. The van der Waals surface area contributed by atoms with Gasteiger partial charge in [-0.15, -0.1) is 6.42 Å². The van der Waals surface area contributed by atoms with Crippen LogP contribution in [0.5, 0.6) is 5.75 Å². The van der Waals surface area contributed by atoms with E-state index >= 15 is 0 Å². The summed E-state index contributed by atoms with van der Waals surface area (Å²) in [5.41, 5.74) is 0.318. The van der Waals surface area contributed by atoms with Gasteiger partial charge < -0.3 is 14.8 Å². The van der Waals surface area contributed by atoms with Crippen molar-refractivity contribution in [1.82, 2.24) is 0 Å². The topological polar surface area (TPSA) is 118 Å². The molecule has 0 fully saturated rings. The zero-order valence-corrected chi connectivity index (χ0v) is 18.2. The van der Waals surface area contributed by atoms with Crippen LogP contribution >= 0.6 is 0 Å². The molecule has 0 aromatic heterocycles. The van der Waals surface area contributed by atoms with Gasteiger partial charge >= 0.3 is 6.09 Å². The number of nitrogens with one attached hydrogen (secondary N) is 2. The maximum Gasteiger partial charge on any atom is 0.412 e. The Hall–Kier alpha value is -4.30. The first-order valence-electron chi connectivity index (χ1n) is 9.58. The van der Waals surface area contributed by atoms with Crippen LogP contribution in [0, 0.1) is 23.7 Å². The molecule has 2 aromatic carbocycles. The van der Waals surface area contributed by atoms with Gasteiger partial charge in [-0.2, -0.15) is 5.26 Å². The SMILES string of the molecule is C#Cc1cc(OC)cc(NC(=O)OC(C)(C)C)c1NC(=O)CC(=O)c1cccc(C#N)c1. The van der Waals surface area contributed by atoms with Crippen LogP contribution in [0.2, 0.25) is 0 Å². The Labute approximate surface area is 186 Å². The highest BCUT2D eigenvalue weighted by molar-refractivity contribution is 6.12. The molecule has 0 aliphatic heterocycles. The van der Waals surface area contributed by atoms with E-state index in [1.807, 2.05) is 6.07 Å². The van der Waals surface area contributed by atoms with Crippen molar-refractivity contribution in [2.24, 2.45) is 0 Å². The molecule has 0 radical (unpaired) electrons. The number of terminal acetylenes is 1. The number of benzene rings is 2. The lowest BCUT2D eigenvalue weighted by molar-refractivity contribution is -0.115. The van der Waals surface area contributed by atoms with E-state index in [0.29, 0.717) is 11.3 Å². The summed E-state index contributed by atoms with van der Waals surface area (Å²) in [7, 11) is 1.43. The molecule has 0 aliphatic carbocycles. The molecule has 0 spiro atoms. The first-order valence-corrected chi connectivity index (χ1v) is 9.58. The van der Waals surface area contributed by atoms with Gasteiger partial charge in [0.15, 0.2) is 5.78 Å². The maximum atomic E-state index is 12.6. The largest absolute Gasteiger partial charge is 0.497 e. The molecule has 8 nitrogen and oxygen atoms in total. The van der Waals surface area contributed by atoms with Gasteiger partial charge in [-0.05, 0) is 39.0 Å². The van der Waals surface area contributed by atoms with Crippen molar-refractivity contribution in [3.05, 3.63) is 53.1 Å². The number of Topliss-reactive ketones (excluding diaryl/α,β-unsaturated/α-hetero) is 1. The van der Waals surface area contributed by atoms with Gasteiger partial charge in [0.05, 0.1) is 42.1 Å². The zero-order valence-electron chi connectivity index (χ0n) is 18.2. The third-order valence-electron chi connectivity index (χ3n) is 4.04. The fourth-order valence-corrected chi connectivity index (χ4v) is 2.69. The Morgan fingerprint density at radius 2 is 1.84 bits per heavy atom. The first kappa shape index (κ1) is 24.0. The predicted octanol–water partition coefficient (Wildman–Crippen LogP) is 4.11. The number of ketones is 1. The molecule has 0 bridgehead atoms. The Morgan fingerprint density at radius 3 is 2.44 bits per heavy atom. The molecule has 32 heavy (non-hydrogen) atoms. The van der Waals surface area contributed by atoms with Crippen molar-refractivity contribution in [1.29, 1.82) is 5.26 Å². The van der Waals surface area contributed by atoms with Crippen molar-refractivity contribution < 1.29 is 23.9 Å². The van der Waals surface area contributed by atoms with Crippen molar-refractivity contribution in [2.75, 3.05) is 17.7 Å². The normalized spacial score (nSPS) is 10.3. The van der Waals surface area contributed by atoms with Gasteiger partial charge in [0, 0.05) is 11.6 Å². The number of rotatable bonds is 6. The number of amides is 2. The molecule has 0 heterocycles. The number of hydrogen-bond acceptors (Lipinski definition) is 6. The van der Waals surface area contributed by atoms with E-state index in [9.17, 15) is 14.4 Å². The van der Waals surface area contributed by atoms with E-state index in [0.717, 1.165) is 0 Å². The molecule has 8 heteroatoms. The molecule has 2 N–H and O–H groups in total. The maximum absolute atomic E-state index is 12.6. The predicted molar refractivity (Wildman–Crippen MR) is 120 cm³/mol. The van der Waals surface area contributed by atoms with Crippen LogP contribution in [0.1, 0.15) is 48.7 Å². The zero-order chi connectivity index (χ0) is 23.9. The van der Waals surface area contributed by atoms with E-state index in [-0.39, 0.29) is 22.5 Å². The average molecular weight is 433 g/mol. The number of nitrogens with zero attached hydrogens (tertiary/aromatic N) is 1. The molecule has 2 aromatic rings. The first-order chi connectivity index (χ1) is 15.1. The highest BCUT2D eigenvalue weighted by Gasteiger charge is 2.21. The molecule has 0 atom stereocenters. The number of carbonyl (C=O) groups is 3. The van der Waals surface area contributed by atoms with Gasteiger partial charge in [-0.25, -0.2) is 4.79 Å².